The van der Waals surface area contributed by atoms with Crippen LogP contribution in [0.25, 0.3) is 0 Å². The molecule has 2 aliphatic heterocycles. The minimum atomic E-state index is -4.37. The summed E-state index contributed by atoms with van der Waals surface area (Å²) in [5, 5.41) is 2.81. The Morgan fingerprint density at radius 3 is 2.50 bits per heavy atom. The van der Waals surface area contributed by atoms with E-state index in [1.807, 2.05) is 30.3 Å². The molecule has 5 rings (SSSR count). The Labute approximate surface area is 196 Å². The number of fused-ring (bicyclic) bond motifs is 1. The number of halogens is 3. The van der Waals surface area contributed by atoms with Crippen LogP contribution in [0.15, 0.2) is 72.8 Å². The third kappa shape index (κ3) is 4.53. The third-order valence-corrected chi connectivity index (χ3v) is 6.54. The summed E-state index contributed by atoms with van der Waals surface area (Å²) in [6.45, 7) is 1.03. The smallest absolute Gasteiger partial charge is 0.416 e. The number of alkyl halides is 3. The average Bonchev–Trinajstić information content (AvgIpc) is 2.85. The molecule has 176 valence electrons. The van der Waals surface area contributed by atoms with Crippen LogP contribution in [0.1, 0.15) is 46.7 Å². The van der Waals surface area contributed by atoms with Crippen molar-refractivity contribution in [3.8, 4) is 5.75 Å². The van der Waals surface area contributed by atoms with Crippen molar-refractivity contribution in [3.05, 3.63) is 101 Å². The first-order chi connectivity index (χ1) is 16.4. The molecule has 0 radical (unpaired) electrons. The first kappa shape index (κ1) is 22.5. The standard InChI is InChI=1S/C27H25F3N2O2/c28-27(29,30)21-11-9-18(10-12-21)17-31-23(33)13-14-24-32-16-15-19-7-4-8-22(34-24)25(19)26(32)20-5-2-1-3-6-20/h1-12,24,26H,13-17H2,(H,31,33). The lowest BCUT2D eigenvalue weighted by molar-refractivity contribution is -0.137. The van der Waals surface area contributed by atoms with Crippen LogP contribution in [0.2, 0.25) is 0 Å². The second-order valence-electron chi connectivity index (χ2n) is 8.71. The van der Waals surface area contributed by atoms with E-state index < -0.39 is 11.7 Å². The van der Waals surface area contributed by atoms with Gasteiger partial charge >= 0.3 is 6.18 Å². The lowest BCUT2D eigenvalue weighted by Gasteiger charge is -2.47. The van der Waals surface area contributed by atoms with Crippen LogP contribution in [0, 0.1) is 0 Å². The Kier molecular flexibility index (Phi) is 6.04. The Balaban J connectivity index is 1.24. The lowest BCUT2D eigenvalue weighted by atomic mass is 9.85. The molecule has 3 aromatic carbocycles. The Morgan fingerprint density at radius 2 is 1.76 bits per heavy atom. The maximum absolute atomic E-state index is 12.7. The normalized spacial score (nSPS) is 21.0. The van der Waals surface area contributed by atoms with Gasteiger partial charge in [-0.2, -0.15) is 13.2 Å². The van der Waals surface area contributed by atoms with Gasteiger partial charge in [-0.1, -0.05) is 54.6 Å². The molecule has 3 atom stereocenters. The maximum atomic E-state index is 12.7. The molecule has 34 heavy (non-hydrogen) atoms. The number of amides is 1. The largest absolute Gasteiger partial charge is 0.475 e. The molecule has 2 heterocycles. The average molecular weight is 467 g/mol. The summed E-state index contributed by atoms with van der Waals surface area (Å²) in [5.41, 5.74) is 3.64. The van der Waals surface area contributed by atoms with Crippen LogP contribution < -0.4 is 10.1 Å². The predicted octanol–water partition coefficient (Wildman–Crippen LogP) is 5.47. The van der Waals surface area contributed by atoms with Crippen molar-refractivity contribution >= 4 is 5.91 Å². The summed E-state index contributed by atoms with van der Waals surface area (Å²) in [6.07, 6.45) is -2.88. The topological polar surface area (TPSA) is 41.6 Å². The van der Waals surface area contributed by atoms with Crippen LogP contribution in [-0.2, 0) is 23.9 Å². The number of hydrogen-bond donors (Lipinski definition) is 1. The van der Waals surface area contributed by atoms with E-state index in [2.05, 4.69) is 28.4 Å². The minimum Gasteiger partial charge on any atom is -0.475 e. The van der Waals surface area contributed by atoms with Crippen molar-refractivity contribution < 1.29 is 22.7 Å². The van der Waals surface area contributed by atoms with Gasteiger partial charge in [0.15, 0.2) is 6.23 Å². The predicted molar refractivity (Wildman–Crippen MR) is 122 cm³/mol. The zero-order valence-electron chi connectivity index (χ0n) is 18.5. The van der Waals surface area contributed by atoms with Gasteiger partial charge in [0.1, 0.15) is 5.75 Å². The van der Waals surface area contributed by atoms with Crippen LogP contribution in [-0.4, -0.2) is 23.6 Å². The van der Waals surface area contributed by atoms with E-state index in [1.54, 1.807) is 0 Å². The highest BCUT2D eigenvalue weighted by molar-refractivity contribution is 5.75. The van der Waals surface area contributed by atoms with Gasteiger partial charge in [0.05, 0.1) is 11.6 Å². The van der Waals surface area contributed by atoms with E-state index in [0.29, 0.717) is 12.0 Å². The molecule has 3 unspecified atom stereocenters. The van der Waals surface area contributed by atoms with E-state index in [9.17, 15) is 18.0 Å². The van der Waals surface area contributed by atoms with Crippen molar-refractivity contribution in [1.29, 1.82) is 0 Å². The number of ether oxygens (including phenoxy) is 1. The number of rotatable bonds is 6. The fraction of sp³-hybridized carbons (Fsp3) is 0.296. The van der Waals surface area contributed by atoms with Crippen LogP contribution >= 0.6 is 0 Å². The molecular weight excluding hydrogens is 441 g/mol. The van der Waals surface area contributed by atoms with Crippen molar-refractivity contribution in [2.24, 2.45) is 0 Å². The number of benzene rings is 3. The number of nitrogens with one attached hydrogen (secondary N) is 1. The van der Waals surface area contributed by atoms with Crippen molar-refractivity contribution in [2.45, 2.75) is 44.3 Å². The van der Waals surface area contributed by atoms with E-state index >= 15 is 0 Å². The number of nitrogens with zero attached hydrogens (tertiary/aromatic N) is 1. The molecule has 1 N–H and O–H groups in total. The Bertz CT molecular complexity index is 1160. The van der Waals surface area contributed by atoms with Gasteiger partial charge in [-0.3, -0.25) is 9.69 Å². The summed E-state index contributed by atoms with van der Waals surface area (Å²) in [7, 11) is 0. The molecule has 1 amide bonds. The van der Waals surface area contributed by atoms with Gasteiger partial charge in [0, 0.05) is 31.5 Å². The van der Waals surface area contributed by atoms with E-state index in [-0.39, 0.29) is 31.1 Å². The highest BCUT2D eigenvalue weighted by atomic mass is 19.4. The molecule has 4 nitrogen and oxygen atoms in total. The highest BCUT2D eigenvalue weighted by Gasteiger charge is 2.40. The SMILES string of the molecule is O=C(CCC1Oc2cccc3c2C(c2ccccc2)N1CC3)NCc1ccc(C(F)(F)F)cc1. The zero-order valence-corrected chi connectivity index (χ0v) is 18.5. The van der Waals surface area contributed by atoms with Crippen molar-refractivity contribution in [1.82, 2.24) is 10.2 Å². The van der Waals surface area contributed by atoms with Gasteiger partial charge in [-0.05, 0) is 41.3 Å². The third-order valence-electron chi connectivity index (χ3n) is 6.54. The molecule has 0 fully saturated rings. The van der Waals surface area contributed by atoms with Crippen molar-refractivity contribution in [3.63, 3.8) is 0 Å². The van der Waals surface area contributed by atoms with Crippen LogP contribution in [0.4, 0.5) is 13.2 Å². The van der Waals surface area contributed by atoms with Gasteiger partial charge in [-0.15, -0.1) is 0 Å². The molecule has 0 saturated carbocycles. The minimum absolute atomic E-state index is 0.0927. The fourth-order valence-corrected chi connectivity index (χ4v) is 4.86. The fourth-order valence-electron chi connectivity index (χ4n) is 4.86. The summed E-state index contributed by atoms with van der Waals surface area (Å²) in [5.74, 6) is 0.716. The molecular formula is C27H25F3N2O2. The highest BCUT2D eigenvalue weighted by Crippen LogP contribution is 2.46. The van der Waals surface area contributed by atoms with Gasteiger partial charge in [0.25, 0.3) is 0 Å². The molecule has 0 aliphatic carbocycles. The summed E-state index contributed by atoms with van der Waals surface area (Å²) in [4.78, 5) is 14.9. The second-order valence-corrected chi connectivity index (χ2v) is 8.71. The van der Waals surface area contributed by atoms with Crippen LogP contribution in [0.5, 0.6) is 5.75 Å². The number of hydrogen-bond acceptors (Lipinski definition) is 3. The maximum Gasteiger partial charge on any atom is 0.416 e. The monoisotopic (exact) mass is 466 g/mol. The van der Waals surface area contributed by atoms with Gasteiger partial charge < -0.3 is 10.1 Å². The molecule has 0 spiro atoms. The number of carbonyl (C=O) groups excluding carboxylic acids is 1. The second kappa shape index (κ2) is 9.14. The van der Waals surface area contributed by atoms with Crippen LogP contribution in [0.3, 0.4) is 0 Å². The van der Waals surface area contributed by atoms with Gasteiger partial charge in [0.2, 0.25) is 5.91 Å². The molecule has 0 aromatic heterocycles. The number of carbonyl (C=O) groups is 1. The first-order valence-electron chi connectivity index (χ1n) is 11.4. The molecule has 0 saturated heterocycles. The lowest BCUT2D eigenvalue weighted by Crippen LogP contribution is -2.50. The Morgan fingerprint density at radius 1 is 1.00 bits per heavy atom. The molecule has 3 aromatic rings. The summed E-state index contributed by atoms with van der Waals surface area (Å²) < 4.78 is 44.5. The molecule has 7 heteroatoms. The molecule has 2 aliphatic rings. The first-order valence-corrected chi connectivity index (χ1v) is 11.4. The van der Waals surface area contributed by atoms with E-state index in [4.69, 9.17) is 4.74 Å². The van der Waals surface area contributed by atoms with E-state index in [1.165, 1.54) is 28.8 Å². The molecule has 2 bridgehead atoms. The van der Waals surface area contributed by atoms with E-state index in [0.717, 1.165) is 30.8 Å². The Hall–Kier alpha value is -3.32. The summed E-state index contributed by atoms with van der Waals surface area (Å²) in [6, 6.07) is 21.4. The summed E-state index contributed by atoms with van der Waals surface area (Å²) >= 11 is 0. The van der Waals surface area contributed by atoms with Gasteiger partial charge in [-0.25, -0.2) is 0 Å². The quantitative estimate of drug-likeness (QED) is 0.524. The zero-order chi connectivity index (χ0) is 23.7. The van der Waals surface area contributed by atoms with Crippen molar-refractivity contribution in [2.75, 3.05) is 6.54 Å².